The quantitative estimate of drug-likeness (QED) is 0.605. The van der Waals surface area contributed by atoms with E-state index in [-0.39, 0.29) is 17.1 Å². The molecule has 4 rings (SSSR count). The Labute approximate surface area is 167 Å². The van der Waals surface area contributed by atoms with Crippen LogP contribution in [0.4, 0.5) is 0 Å². The lowest BCUT2D eigenvalue weighted by Crippen LogP contribution is -2.40. The first kappa shape index (κ1) is 19.3. The molecule has 1 aliphatic heterocycles. The number of aromatic amines is 1. The molecule has 3 aromatic rings. The standard InChI is InChI=1S/C18H20N6O4S/c25-18(21-12-14-2-3-17(20-11-14)24-5-1-4-22-24)16-10-15(13-19-16)29(26,27)23-6-8-28-9-7-23/h1-5,10-11,13,19H,6-9,12H2,(H,21,25). The van der Waals surface area contributed by atoms with Gasteiger partial charge in [-0.05, 0) is 23.8 Å². The molecule has 11 heteroatoms. The number of H-pyrrole nitrogens is 1. The molecular formula is C18H20N6O4S. The average molecular weight is 416 g/mol. The van der Waals surface area contributed by atoms with Crippen LogP contribution >= 0.6 is 0 Å². The predicted octanol–water partition coefficient (Wildman–Crippen LogP) is 0.546. The fourth-order valence-corrected chi connectivity index (χ4v) is 4.33. The molecule has 0 radical (unpaired) electrons. The van der Waals surface area contributed by atoms with Gasteiger partial charge < -0.3 is 15.0 Å². The third-order valence-corrected chi connectivity index (χ3v) is 6.39. The van der Waals surface area contributed by atoms with E-state index in [0.717, 1.165) is 5.56 Å². The summed E-state index contributed by atoms with van der Waals surface area (Å²) in [6, 6.07) is 6.79. The Balaban J connectivity index is 1.38. The molecule has 152 valence electrons. The van der Waals surface area contributed by atoms with Gasteiger partial charge in [-0.15, -0.1) is 0 Å². The SMILES string of the molecule is O=C(NCc1ccc(-n2cccn2)nc1)c1cc(S(=O)(=O)N2CCOCC2)c[nH]1. The number of aromatic nitrogens is 4. The minimum Gasteiger partial charge on any atom is -0.379 e. The molecular weight excluding hydrogens is 396 g/mol. The van der Waals surface area contributed by atoms with Gasteiger partial charge in [-0.2, -0.15) is 9.40 Å². The summed E-state index contributed by atoms with van der Waals surface area (Å²) in [5, 5.41) is 6.86. The minimum absolute atomic E-state index is 0.0646. The molecule has 1 aliphatic rings. The molecule has 2 N–H and O–H groups in total. The van der Waals surface area contributed by atoms with E-state index in [4.69, 9.17) is 4.74 Å². The zero-order valence-electron chi connectivity index (χ0n) is 15.5. The maximum atomic E-state index is 12.6. The van der Waals surface area contributed by atoms with E-state index in [1.165, 1.54) is 16.6 Å². The number of nitrogens with zero attached hydrogens (tertiary/aromatic N) is 4. The van der Waals surface area contributed by atoms with E-state index in [9.17, 15) is 13.2 Å². The minimum atomic E-state index is -3.64. The first-order valence-electron chi connectivity index (χ1n) is 9.03. The molecule has 1 saturated heterocycles. The summed E-state index contributed by atoms with van der Waals surface area (Å²) < 4.78 is 33.5. The number of carbonyl (C=O) groups is 1. The van der Waals surface area contributed by atoms with Crippen molar-refractivity contribution in [3.05, 3.63) is 60.3 Å². The zero-order valence-corrected chi connectivity index (χ0v) is 16.3. The normalized spacial score (nSPS) is 15.3. The van der Waals surface area contributed by atoms with Gasteiger partial charge in [-0.1, -0.05) is 6.07 Å². The van der Waals surface area contributed by atoms with E-state index in [2.05, 4.69) is 20.4 Å². The summed E-state index contributed by atoms with van der Waals surface area (Å²) in [6.45, 7) is 1.59. The van der Waals surface area contributed by atoms with E-state index >= 15 is 0 Å². The van der Waals surface area contributed by atoms with Gasteiger partial charge in [0.05, 0.1) is 13.2 Å². The molecule has 0 spiro atoms. The van der Waals surface area contributed by atoms with Gasteiger partial charge in [-0.25, -0.2) is 18.1 Å². The molecule has 0 unspecified atom stereocenters. The van der Waals surface area contributed by atoms with Crippen LogP contribution in [-0.2, 0) is 21.3 Å². The molecule has 29 heavy (non-hydrogen) atoms. The van der Waals surface area contributed by atoms with Gasteiger partial charge >= 0.3 is 0 Å². The molecule has 0 aromatic carbocycles. The van der Waals surface area contributed by atoms with Crippen LogP contribution in [0, 0.1) is 0 Å². The number of ether oxygens (including phenoxy) is 1. The molecule has 10 nitrogen and oxygen atoms in total. The Kier molecular flexibility index (Phi) is 5.43. The average Bonchev–Trinajstić information content (AvgIpc) is 3.46. The Morgan fingerprint density at radius 3 is 2.79 bits per heavy atom. The van der Waals surface area contributed by atoms with Crippen molar-refractivity contribution in [2.45, 2.75) is 11.4 Å². The summed E-state index contributed by atoms with van der Waals surface area (Å²) in [7, 11) is -3.64. The number of amides is 1. The monoisotopic (exact) mass is 416 g/mol. The Morgan fingerprint density at radius 2 is 2.10 bits per heavy atom. The number of pyridine rings is 1. The van der Waals surface area contributed by atoms with Crippen LogP contribution in [0.15, 0.2) is 53.9 Å². The summed E-state index contributed by atoms with van der Waals surface area (Å²) in [5.74, 6) is 0.275. The van der Waals surface area contributed by atoms with Crippen LogP contribution in [0.2, 0.25) is 0 Å². The third-order valence-electron chi connectivity index (χ3n) is 4.51. The van der Waals surface area contributed by atoms with E-state index in [1.54, 1.807) is 35.4 Å². The second kappa shape index (κ2) is 8.15. The lowest BCUT2D eigenvalue weighted by molar-refractivity contribution is 0.0730. The molecule has 3 aromatic heterocycles. The molecule has 0 bridgehead atoms. The summed E-state index contributed by atoms with van der Waals surface area (Å²) >= 11 is 0. The molecule has 0 aliphatic carbocycles. The highest BCUT2D eigenvalue weighted by molar-refractivity contribution is 7.89. The van der Waals surface area contributed by atoms with Crippen LogP contribution < -0.4 is 5.32 Å². The van der Waals surface area contributed by atoms with Crippen LogP contribution in [0.1, 0.15) is 16.1 Å². The fraction of sp³-hybridized carbons (Fsp3) is 0.278. The van der Waals surface area contributed by atoms with Crippen molar-refractivity contribution in [2.24, 2.45) is 0 Å². The smallest absolute Gasteiger partial charge is 0.268 e. The topological polar surface area (TPSA) is 122 Å². The number of hydrogen-bond donors (Lipinski definition) is 2. The largest absolute Gasteiger partial charge is 0.379 e. The van der Waals surface area contributed by atoms with E-state index in [1.807, 2.05) is 6.07 Å². The second-order valence-corrected chi connectivity index (χ2v) is 8.36. The van der Waals surface area contributed by atoms with Crippen molar-refractivity contribution in [2.75, 3.05) is 26.3 Å². The predicted molar refractivity (Wildman–Crippen MR) is 103 cm³/mol. The van der Waals surface area contributed by atoms with Crippen molar-refractivity contribution >= 4 is 15.9 Å². The maximum absolute atomic E-state index is 12.6. The van der Waals surface area contributed by atoms with Gasteiger partial charge in [0, 0.05) is 44.4 Å². The number of hydrogen-bond acceptors (Lipinski definition) is 6. The highest BCUT2D eigenvalue weighted by atomic mass is 32.2. The van der Waals surface area contributed by atoms with Crippen molar-refractivity contribution in [3.63, 3.8) is 0 Å². The summed E-state index contributed by atoms with van der Waals surface area (Å²) in [5.41, 5.74) is 0.986. The van der Waals surface area contributed by atoms with Crippen LogP contribution in [0.5, 0.6) is 0 Å². The number of rotatable bonds is 6. The zero-order chi connectivity index (χ0) is 20.3. The molecule has 1 fully saturated rings. The third kappa shape index (κ3) is 4.21. The van der Waals surface area contributed by atoms with Gasteiger partial charge in [-0.3, -0.25) is 4.79 Å². The van der Waals surface area contributed by atoms with Crippen molar-refractivity contribution in [3.8, 4) is 5.82 Å². The van der Waals surface area contributed by atoms with Crippen LogP contribution in [0.25, 0.3) is 5.82 Å². The molecule has 4 heterocycles. The molecule has 1 amide bonds. The van der Waals surface area contributed by atoms with E-state index in [0.29, 0.717) is 32.1 Å². The lowest BCUT2D eigenvalue weighted by atomic mass is 10.2. The lowest BCUT2D eigenvalue weighted by Gasteiger charge is -2.25. The first-order valence-corrected chi connectivity index (χ1v) is 10.5. The molecule has 0 saturated carbocycles. The van der Waals surface area contributed by atoms with Crippen LogP contribution in [0.3, 0.4) is 0 Å². The first-order chi connectivity index (χ1) is 14.0. The van der Waals surface area contributed by atoms with Crippen molar-refractivity contribution < 1.29 is 17.9 Å². The number of sulfonamides is 1. The van der Waals surface area contributed by atoms with E-state index < -0.39 is 15.9 Å². The Hall–Kier alpha value is -3.02. The van der Waals surface area contributed by atoms with Gasteiger partial charge in [0.15, 0.2) is 5.82 Å². The second-order valence-electron chi connectivity index (χ2n) is 6.42. The highest BCUT2D eigenvalue weighted by Crippen LogP contribution is 2.18. The van der Waals surface area contributed by atoms with Crippen molar-refractivity contribution in [1.29, 1.82) is 0 Å². The molecule has 0 atom stereocenters. The van der Waals surface area contributed by atoms with Gasteiger partial charge in [0.25, 0.3) is 5.91 Å². The van der Waals surface area contributed by atoms with Crippen molar-refractivity contribution in [1.82, 2.24) is 29.4 Å². The highest BCUT2D eigenvalue weighted by Gasteiger charge is 2.27. The van der Waals surface area contributed by atoms with Crippen LogP contribution in [-0.4, -0.2) is 64.7 Å². The Bertz CT molecular complexity index is 1070. The number of morpholine rings is 1. The maximum Gasteiger partial charge on any atom is 0.268 e. The fourth-order valence-electron chi connectivity index (χ4n) is 2.93. The van der Waals surface area contributed by atoms with Gasteiger partial charge in [0.1, 0.15) is 10.6 Å². The van der Waals surface area contributed by atoms with Gasteiger partial charge in [0.2, 0.25) is 10.0 Å². The number of nitrogens with one attached hydrogen (secondary N) is 2. The Morgan fingerprint density at radius 1 is 1.28 bits per heavy atom. The number of carbonyl (C=O) groups excluding carboxylic acids is 1. The summed E-state index contributed by atoms with van der Waals surface area (Å²) in [4.78, 5) is 19.5. The summed E-state index contributed by atoms with van der Waals surface area (Å²) in [6.07, 6.45) is 6.44.